The average molecular weight is 259 g/mol. The SMILES string of the molecule is O=C1c2cccc(F)c2CN1Cc1ccc(F)cc1. The third-order valence-corrected chi connectivity index (χ3v) is 3.27. The number of nitrogens with zero attached hydrogens (tertiary/aromatic N) is 1. The van der Waals surface area contributed by atoms with Gasteiger partial charge in [-0.1, -0.05) is 18.2 Å². The van der Waals surface area contributed by atoms with Gasteiger partial charge in [0.1, 0.15) is 11.6 Å². The molecule has 0 fully saturated rings. The van der Waals surface area contributed by atoms with Crippen molar-refractivity contribution in [1.82, 2.24) is 4.90 Å². The second-order valence-corrected chi connectivity index (χ2v) is 4.55. The van der Waals surface area contributed by atoms with Gasteiger partial charge in [0.2, 0.25) is 0 Å². The second-order valence-electron chi connectivity index (χ2n) is 4.55. The number of fused-ring (bicyclic) bond motifs is 1. The number of amides is 1. The van der Waals surface area contributed by atoms with Gasteiger partial charge in [0.15, 0.2) is 0 Å². The number of halogens is 2. The van der Waals surface area contributed by atoms with Crippen LogP contribution in [0.3, 0.4) is 0 Å². The van der Waals surface area contributed by atoms with Gasteiger partial charge in [-0.2, -0.15) is 0 Å². The minimum absolute atomic E-state index is 0.182. The molecule has 0 saturated carbocycles. The molecule has 1 aliphatic rings. The van der Waals surface area contributed by atoms with Crippen LogP contribution in [0.5, 0.6) is 0 Å². The van der Waals surface area contributed by atoms with E-state index in [1.165, 1.54) is 24.3 Å². The van der Waals surface area contributed by atoms with Crippen molar-refractivity contribution in [2.45, 2.75) is 13.1 Å². The van der Waals surface area contributed by atoms with Crippen LogP contribution in [0.2, 0.25) is 0 Å². The fourth-order valence-electron chi connectivity index (χ4n) is 2.29. The molecule has 96 valence electrons. The van der Waals surface area contributed by atoms with Gasteiger partial charge in [-0.3, -0.25) is 4.79 Å². The Morgan fingerprint density at radius 2 is 1.79 bits per heavy atom. The molecule has 2 aromatic carbocycles. The maximum Gasteiger partial charge on any atom is 0.254 e. The zero-order valence-electron chi connectivity index (χ0n) is 10.1. The Morgan fingerprint density at radius 3 is 2.47 bits per heavy atom. The first kappa shape index (κ1) is 11.8. The van der Waals surface area contributed by atoms with Gasteiger partial charge in [0.25, 0.3) is 5.91 Å². The Labute approximate surface area is 109 Å². The number of carbonyl (C=O) groups excluding carboxylic acids is 1. The Morgan fingerprint density at radius 1 is 1.05 bits per heavy atom. The molecule has 0 bridgehead atoms. The van der Waals surface area contributed by atoms with Crippen molar-refractivity contribution < 1.29 is 13.6 Å². The summed E-state index contributed by atoms with van der Waals surface area (Å²) in [5.74, 6) is -0.850. The highest BCUT2D eigenvalue weighted by Gasteiger charge is 2.29. The number of hydrogen-bond acceptors (Lipinski definition) is 1. The molecule has 1 amide bonds. The molecular formula is C15H11F2NO. The van der Waals surface area contributed by atoms with Crippen LogP contribution in [0.1, 0.15) is 21.5 Å². The largest absolute Gasteiger partial charge is 0.330 e. The molecule has 0 aliphatic carbocycles. The lowest BCUT2D eigenvalue weighted by atomic mass is 10.1. The second kappa shape index (κ2) is 4.46. The van der Waals surface area contributed by atoms with Crippen LogP contribution in [0.4, 0.5) is 8.78 Å². The van der Waals surface area contributed by atoms with E-state index in [1.54, 1.807) is 23.1 Å². The van der Waals surface area contributed by atoms with Crippen molar-refractivity contribution >= 4 is 5.91 Å². The monoisotopic (exact) mass is 259 g/mol. The lowest BCUT2D eigenvalue weighted by Gasteiger charge is -2.15. The fourth-order valence-corrected chi connectivity index (χ4v) is 2.29. The number of rotatable bonds is 2. The molecule has 2 nitrogen and oxygen atoms in total. The molecule has 0 atom stereocenters. The van der Waals surface area contributed by atoms with Crippen molar-refractivity contribution in [3.8, 4) is 0 Å². The van der Waals surface area contributed by atoms with Crippen LogP contribution in [0.15, 0.2) is 42.5 Å². The van der Waals surface area contributed by atoms with E-state index in [2.05, 4.69) is 0 Å². The minimum Gasteiger partial charge on any atom is -0.330 e. The summed E-state index contributed by atoms with van der Waals surface area (Å²) in [6.45, 7) is 0.617. The lowest BCUT2D eigenvalue weighted by Crippen LogP contribution is -2.23. The van der Waals surface area contributed by atoms with Crippen LogP contribution >= 0.6 is 0 Å². The van der Waals surface area contributed by atoms with E-state index in [4.69, 9.17) is 0 Å². The molecule has 3 rings (SSSR count). The van der Waals surface area contributed by atoms with Gasteiger partial charge < -0.3 is 4.90 Å². The summed E-state index contributed by atoms with van der Waals surface area (Å²) in [7, 11) is 0. The van der Waals surface area contributed by atoms with Crippen molar-refractivity contribution in [2.75, 3.05) is 0 Å². The summed E-state index contributed by atoms with van der Waals surface area (Å²) >= 11 is 0. The molecule has 1 aliphatic heterocycles. The zero-order valence-corrected chi connectivity index (χ0v) is 10.1. The van der Waals surface area contributed by atoms with Crippen LogP contribution in [-0.2, 0) is 13.1 Å². The normalized spacial score (nSPS) is 13.8. The maximum atomic E-state index is 13.6. The molecule has 0 saturated heterocycles. The highest BCUT2D eigenvalue weighted by Crippen LogP contribution is 2.26. The number of hydrogen-bond donors (Lipinski definition) is 0. The average Bonchev–Trinajstić information content (AvgIpc) is 2.72. The van der Waals surface area contributed by atoms with Gasteiger partial charge in [0.05, 0.1) is 6.54 Å². The van der Waals surface area contributed by atoms with E-state index in [1.807, 2.05) is 0 Å². The van der Waals surface area contributed by atoms with Crippen molar-refractivity contribution in [3.05, 3.63) is 70.8 Å². The van der Waals surface area contributed by atoms with Crippen molar-refractivity contribution in [3.63, 3.8) is 0 Å². The van der Waals surface area contributed by atoms with Crippen LogP contribution in [0, 0.1) is 11.6 Å². The van der Waals surface area contributed by atoms with E-state index < -0.39 is 0 Å². The predicted molar refractivity (Wildman–Crippen MR) is 66.4 cm³/mol. The van der Waals surface area contributed by atoms with Crippen LogP contribution < -0.4 is 0 Å². The zero-order chi connectivity index (χ0) is 13.4. The summed E-state index contributed by atoms with van der Waals surface area (Å²) in [6, 6.07) is 10.5. The van der Waals surface area contributed by atoms with Gasteiger partial charge in [-0.15, -0.1) is 0 Å². The standard InChI is InChI=1S/C15H11F2NO/c16-11-6-4-10(5-7-11)8-18-9-13-12(15(18)19)2-1-3-14(13)17/h1-7H,8-9H2. The number of benzene rings is 2. The lowest BCUT2D eigenvalue weighted by molar-refractivity contribution is 0.0766. The molecule has 0 spiro atoms. The van der Waals surface area contributed by atoms with Gasteiger partial charge >= 0.3 is 0 Å². The molecule has 4 heteroatoms. The van der Waals surface area contributed by atoms with Crippen LogP contribution in [-0.4, -0.2) is 10.8 Å². The van der Waals surface area contributed by atoms with E-state index in [0.29, 0.717) is 17.7 Å². The van der Waals surface area contributed by atoms with E-state index in [9.17, 15) is 13.6 Å². The minimum atomic E-state index is -0.354. The molecule has 2 aromatic rings. The third kappa shape index (κ3) is 2.10. The van der Waals surface area contributed by atoms with Gasteiger partial charge in [-0.05, 0) is 29.8 Å². The van der Waals surface area contributed by atoms with Crippen LogP contribution in [0.25, 0.3) is 0 Å². The highest BCUT2D eigenvalue weighted by atomic mass is 19.1. The third-order valence-electron chi connectivity index (χ3n) is 3.27. The first-order valence-corrected chi connectivity index (χ1v) is 5.96. The molecule has 19 heavy (non-hydrogen) atoms. The quantitative estimate of drug-likeness (QED) is 0.811. The van der Waals surface area contributed by atoms with E-state index in [0.717, 1.165) is 5.56 Å². The van der Waals surface area contributed by atoms with Gasteiger partial charge in [-0.25, -0.2) is 8.78 Å². The fraction of sp³-hybridized carbons (Fsp3) is 0.133. The molecule has 0 unspecified atom stereocenters. The van der Waals surface area contributed by atoms with Gasteiger partial charge in [0, 0.05) is 17.7 Å². The van der Waals surface area contributed by atoms with Crippen molar-refractivity contribution in [2.24, 2.45) is 0 Å². The maximum absolute atomic E-state index is 13.6. The summed E-state index contributed by atoms with van der Waals surface area (Å²) in [6.07, 6.45) is 0. The molecule has 0 aromatic heterocycles. The first-order valence-electron chi connectivity index (χ1n) is 5.96. The summed E-state index contributed by atoms with van der Waals surface area (Å²) < 4.78 is 26.4. The Balaban J connectivity index is 1.84. The Bertz CT molecular complexity index is 637. The highest BCUT2D eigenvalue weighted by molar-refractivity contribution is 5.98. The summed E-state index contributed by atoms with van der Waals surface area (Å²) in [5, 5.41) is 0. The molecular weight excluding hydrogens is 248 g/mol. The Kier molecular flexibility index (Phi) is 2.78. The smallest absolute Gasteiger partial charge is 0.254 e. The summed E-state index contributed by atoms with van der Waals surface area (Å²) in [4.78, 5) is 13.7. The Hall–Kier alpha value is -2.23. The molecule has 0 radical (unpaired) electrons. The molecule has 0 N–H and O–H groups in total. The first-order chi connectivity index (χ1) is 9.15. The van der Waals surface area contributed by atoms with E-state index in [-0.39, 0.29) is 24.1 Å². The topological polar surface area (TPSA) is 20.3 Å². The predicted octanol–water partition coefficient (Wildman–Crippen LogP) is 3.12. The summed E-state index contributed by atoms with van der Waals surface area (Å²) in [5.41, 5.74) is 1.68. The molecule has 1 heterocycles. The van der Waals surface area contributed by atoms with E-state index >= 15 is 0 Å². The van der Waals surface area contributed by atoms with Crippen molar-refractivity contribution in [1.29, 1.82) is 0 Å². The number of carbonyl (C=O) groups is 1.